The van der Waals surface area contributed by atoms with E-state index < -0.39 is 52.2 Å². The molecular weight excluding hydrogens is 735 g/mol. The van der Waals surface area contributed by atoms with Crippen LogP contribution >= 0.6 is 0 Å². The number of alkyl carbamates (subject to hydrolysis) is 1. The standard InChI is InChI=1S/C39H49N3O12S/c1-39(2,17-7-18-42(38(45)46)27-10-12-28(49-3)13-11-27)24-41(55(47,48)29-14-15-33-34(21-29)53-25-52-33)22-32(43)31(20-26-8-5-4-6-9-26)40-37(44)54-35-23-51-36-30(35)16-19-50-36/h4-6,8-15,21,30-32,35-36,43H,7,16-20,22-25H2,1-3H3,(H,40,44)(H,45,46)/t30-,31-,32+,35-,36+/m0/s1. The lowest BCUT2D eigenvalue weighted by Crippen LogP contribution is -2.52. The van der Waals surface area contributed by atoms with Gasteiger partial charge >= 0.3 is 12.2 Å². The summed E-state index contributed by atoms with van der Waals surface area (Å²) < 4.78 is 63.2. The highest BCUT2D eigenvalue weighted by Crippen LogP contribution is 2.36. The Hall–Kier alpha value is -4.61. The van der Waals surface area contributed by atoms with E-state index in [1.54, 1.807) is 24.3 Å². The summed E-state index contributed by atoms with van der Waals surface area (Å²) in [4.78, 5) is 26.7. The number of anilines is 1. The van der Waals surface area contributed by atoms with Crippen molar-refractivity contribution in [3.63, 3.8) is 0 Å². The molecule has 2 fully saturated rings. The predicted octanol–water partition coefficient (Wildman–Crippen LogP) is 4.87. The van der Waals surface area contributed by atoms with Crippen LogP contribution in [0.2, 0.25) is 0 Å². The number of rotatable bonds is 17. The molecular formula is C39H49N3O12S. The van der Waals surface area contributed by atoms with Gasteiger partial charge in [0.25, 0.3) is 0 Å². The van der Waals surface area contributed by atoms with E-state index in [2.05, 4.69) is 5.32 Å². The number of aliphatic hydroxyl groups excluding tert-OH is 1. The summed E-state index contributed by atoms with van der Waals surface area (Å²) in [5.41, 5.74) is 0.593. The van der Waals surface area contributed by atoms with E-state index in [-0.39, 0.29) is 56.0 Å². The summed E-state index contributed by atoms with van der Waals surface area (Å²) in [6.45, 7) is 4.18. The van der Waals surface area contributed by atoms with Crippen molar-refractivity contribution in [2.24, 2.45) is 11.3 Å². The molecule has 3 aliphatic heterocycles. The van der Waals surface area contributed by atoms with Crippen LogP contribution in [0.3, 0.4) is 0 Å². The first kappa shape index (κ1) is 40.1. The summed E-state index contributed by atoms with van der Waals surface area (Å²) >= 11 is 0. The van der Waals surface area contributed by atoms with Gasteiger partial charge in [-0.3, -0.25) is 4.90 Å². The van der Waals surface area contributed by atoms with Gasteiger partial charge in [-0.05, 0) is 73.1 Å². The van der Waals surface area contributed by atoms with Gasteiger partial charge in [-0.1, -0.05) is 44.2 Å². The fourth-order valence-electron chi connectivity index (χ4n) is 7.16. The van der Waals surface area contributed by atoms with E-state index >= 15 is 0 Å². The lowest BCUT2D eigenvalue weighted by atomic mass is 9.87. The molecule has 2 saturated heterocycles. The van der Waals surface area contributed by atoms with E-state index in [1.807, 2.05) is 44.2 Å². The van der Waals surface area contributed by atoms with Crippen molar-refractivity contribution < 1.29 is 56.6 Å². The molecule has 3 aromatic carbocycles. The van der Waals surface area contributed by atoms with Gasteiger partial charge in [-0.2, -0.15) is 4.31 Å². The Labute approximate surface area is 321 Å². The van der Waals surface area contributed by atoms with Crippen LogP contribution in [0.15, 0.2) is 77.7 Å². The van der Waals surface area contributed by atoms with Gasteiger partial charge in [0, 0.05) is 31.4 Å². The number of hydrogen-bond donors (Lipinski definition) is 3. The molecule has 0 spiro atoms. The topological polar surface area (TPSA) is 183 Å². The number of fused-ring (bicyclic) bond motifs is 2. The fourth-order valence-corrected chi connectivity index (χ4v) is 8.82. The Morgan fingerprint density at radius 1 is 1.02 bits per heavy atom. The molecule has 2 amide bonds. The van der Waals surface area contributed by atoms with Crippen LogP contribution in [0, 0.1) is 11.3 Å². The van der Waals surface area contributed by atoms with Gasteiger partial charge in [0.2, 0.25) is 16.8 Å². The number of nitrogens with one attached hydrogen (secondary N) is 1. The largest absolute Gasteiger partial charge is 0.497 e. The molecule has 5 atom stereocenters. The number of hydrogen-bond acceptors (Lipinski definition) is 11. The van der Waals surface area contributed by atoms with Crippen LogP contribution in [0.5, 0.6) is 17.2 Å². The van der Waals surface area contributed by atoms with Gasteiger partial charge in [-0.25, -0.2) is 18.0 Å². The Morgan fingerprint density at radius 3 is 2.49 bits per heavy atom. The number of carbonyl (C=O) groups excluding carboxylic acids is 1. The third kappa shape index (κ3) is 9.99. The van der Waals surface area contributed by atoms with Gasteiger partial charge in [0.1, 0.15) is 11.9 Å². The lowest BCUT2D eigenvalue weighted by Gasteiger charge is -2.35. The van der Waals surface area contributed by atoms with Crippen molar-refractivity contribution >= 4 is 27.9 Å². The number of sulfonamides is 1. The molecule has 16 heteroatoms. The number of ether oxygens (including phenoxy) is 6. The maximum Gasteiger partial charge on any atom is 0.411 e. The first-order valence-corrected chi connectivity index (χ1v) is 19.7. The number of methoxy groups -OCH3 is 1. The molecule has 0 saturated carbocycles. The second-order valence-electron chi connectivity index (χ2n) is 14.7. The molecule has 3 aliphatic rings. The van der Waals surface area contributed by atoms with E-state index in [0.29, 0.717) is 43.1 Å². The summed E-state index contributed by atoms with van der Waals surface area (Å²) in [5, 5.41) is 24.7. The molecule has 3 heterocycles. The van der Waals surface area contributed by atoms with E-state index in [1.165, 1.54) is 34.5 Å². The van der Waals surface area contributed by atoms with Gasteiger partial charge in [0.15, 0.2) is 17.8 Å². The minimum Gasteiger partial charge on any atom is -0.497 e. The van der Waals surface area contributed by atoms with Crippen LogP contribution < -0.4 is 24.4 Å². The van der Waals surface area contributed by atoms with Gasteiger partial charge in [0.05, 0.1) is 43.3 Å². The summed E-state index contributed by atoms with van der Waals surface area (Å²) in [6.07, 6.45) is -2.48. The van der Waals surface area contributed by atoms with Crippen molar-refractivity contribution in [2.45, 2.75) is 69.0 Å². The minimum atomic E-state index is -4.27. The highest BCUT2D eigenvalue weighted by atomic mass is 32.2. The quantitative estimate of drug-likeness (QED) is 0.169. The molecule has 55 heavy (non-hydrogen) atoms. The SMILES string of the molecule is COc1ccc(N(CCCC(C)(C)CN(C[C@@H](O)[C@H](Cc2ccccc2)NC(=O)O[C@H]2CO[C@H]3OCC[C@H]32)S(=O)(=O)c2ccc3c(c2)OCO3)C(=O)O)cc1. The third-order valence-electron chi connectivity index (χ3n) is 10.1. The maximum absolute atomic E-state index is 14.5. The first-order chi connectivity index (χ1) is 26.3. The number of benzene rings is 3. The van der Waals surface area contributed by atoms with Crippen molar-refractivity contribution in [1.29, 1.82) is 0 Å². The Bertz CT molecular complexity index is 1880. The smallest absolute Gasteiger partial charge is 0.411 e. The molecule has 0 aliphatic carbocycles. The van der Waals surface area contributed by atoms with Crippen molar-refractivity contribution in [1.82, 2.24) is 9.62 Å². The Balaban J connectivity index is 1.21. The molecule has 6 rings (SSSR count). The normalized spacial score (nSPS) is 20.1. The average molecular weight is 784 g/mol. The minimum absolute atomic E-state index is 0.0392. The maximum atomic E-state index is 14.5. The summed E-state index contributed by atoms with van der Waals surface area (Å²) in [7, 11) is -2.74. The van der Waals surface area contributed by atoms with Crippen LogP contribution in [-0.4, -0.2) is 106 Å². The zero-order chi connectivity index (χ0) is 39.2. The summed E-state index contributed by atoms with van der Waals surface area (Å²) in [6, 6.07) is 19.3. The zero-order valence-electron chi connectivity index (χ0n) is 31.2. The van der Waals surface area contributed by atoms with E-state index in [0.717, 1.165) is 5.56 Å². The van der Waals surface area contributed by atoms with Crippen LogP contribution in [0.1, 0.15) is 38.7 Å². The molecule has 298 valence electrons. The average Bonchev–Trinajstić information content (AvgIpc) is 3.92. The van der Waals surface area contributed by atoms with Crippen molar-refractivity contribution in [2.75, 3.05) is 51.7 Å². The molecule has 0 radical (unpaired) electrons. The van der Waals surface area contributed by atoms with E-state index in [4.69, 9.17) is 28.4 Å². The lowest BCUT2D eigenvalue weighted by molar-refractivity contribution is -0.0907. The van der Waals surface area contributed by atoms with Crippen molar-refractivity contribution in [3.8, 4) is 17.2 Å². The van der Waals surface area contributed by atoms with Crippen LogP contribution in [0.25, 0.3) is 0 Å². The second-order valence-corrected chi connectivity index (χ2v) is 16.6. The monoisotopic (exact) mass is 783 g/mol. The fraction of sp³-hybridized carbons (Fsp3) is 0.487. The van der Waals surface area contributed by atoms with E-state index in [9.17, 15) is 28.2 Å². The highest BCUT2D eigenvalue weighted by molar-refractivity contribution is 7.89. The van der Waals surface area contributed by atoms with Crippen LogP contribution in [-0.2, 0) is 30.7 Å². The molecule has 3 aromatic rings. The zero-order valence-corrected chi connectivity index (χ0v) is 32.0. The van der Waals surface area contributed by atoms with Crippen molar-refractivity contribution in [3.05, 3.63) is 78.4 Å². The number of amides is 2. The molecule has 15 nitrogen and oxygen atoms in total. The number of nitrogens with zero attached hydrogens (tertiary/aromatic N) is 2. The highest BCUT2D eigenvalue weighted by Gasteiger charge is 2.44. The summed E-state index contributed by atoms with van der Waals surface area (Å²) in [5.74, 6) is 1.20. The Morgan fingerprint density at radius 2 is 1.76 bits per heavy atom. The molecule has 3 N–H and O–H groups in total. The molecule has 0 unspecified atom stereocenters. The second kappa shape index (κ2) is 17.5. The third-order valence-corrected chi connectivity index (χ3v) is 11.9. The van der Waals surface area contributed by atoms with Crippen LogP contribution in [0.4, 0.5) is 15.3 Å². The number of carboxylic acid groups (broad SMARTS) is 1. The number of carbonyl (C=O) groups is 2. The number of aliphatic hydroxyl groups is 1. The van der Waals surface area contributed by atoms with Gasteiger partial charge < -0.3 is 44.0 Å². The molecule has 0 aromatic heterocycles. The molecule has 0 bridgehead atoms. The first-order valence-electron chi connectivity index (χ1n) is 18.3. The predicted molar refractivity (Wildman–Crippen MR) is 200 cm³/mol. The Kier molecular flexibility index (Phi) is 12.7. The van der Waals surface area contributed by atoms with Gasteiger partial charge in [-0.15, -0.1) is 0 Å².